The summed E-state index contributed by atoms with van der Waals surface area (Å²) in [5, 5.41) is 12.6. The van der Waals surface area contributed by atoms with Crippen LogP contribution in [0.5, 0.6) is 0 Å². The van der Waals surface area contributed by atoms with Crippen LogP contribution in [0.25, 0.3) is 6.08 Å². The Morgan fingerprint density at radius 3 is 2.54 bits per heavy atom. The lowest BCUT2D eigenvalue weighted by atomic mass is 9.97. The molecule has 1 saturated heterocycles. The van der Waals surface area contributed by atoms with E-state index in [1.54, 1.807) is 24.0 Å². The molecule has 2 aliphatic rings. The second-order valence-corrected chi connectivity index (χ2v) is 10.1. The quantitative estimate of drug-likeness (QED) is 0.610. The molecule has 2 aromatic rings. The third-order valence-electron chi connectivity index (χ3n) is 7.04. The normalized spacial score (nSPS) is 18.9. The fourth-order valence-electron chi connectivity index (χ4n) is 4.91. The second kappa shape index (κ2) is 10.5. The van der Waals surface area contributed by atoms with Gasteiger partial charge in [0.05, 0.1) is 5.69 Å². The van der Waals surface area contributed by atoms with Crippen molar-refractivity contribution in [2.75, 3.05) is 18.4 Å². The number of carbonyl (C=O) groups excluding carboxylic acids is 2. The third-order valence-corrected chi connectivity index (χ3v) is 7.26. The molecule has 0 spiro atoms. The fourth-order valence-corrected chi connectivity index (χ4v) is 5.19. The first-order chi connectivity index (χ1) is 17.5. The van der Waals surface area contributed by atoms with Crippen molar-refractivity contribution in [3.63, 3.8) is 0 Å². The van der Waals surface area contributed by atoms with Crippen LogP contribution in [0, 0.1) is 24.2 Å². The van der Waals surface area contributed by atoms with E-state index in [4.69, 9.17) is 11.6 Å². The number of likely N-dealkylation sites (tertiary alicyclic amines) is 1. The first-order valence-electron chi connectivity index (χ1n) is 12.1. The molecule has 0 radical (unpaired) electrons. The van der Waals surface area contributed by atoms with Crippen LogP contribution in [0.3, 0.4) is 0 Å². The van der Waals surface area contributed by atoms with E-state index in [0.29, 0.717) is 47.8 Å². The topological polar surface area (TPSA) is 95.2 Å². The first-order valence-corrected chi connectivity index (χ1v) is 12.4. The SMILES string of the molecule is Cc1cc(Cl)cc(C=C2CCN(C(=O)C3CCC(F)(F)C3)CC2)c1NC(=O)c1cc(C#N)n(C)c(=O)c1. The number of benzene rings is 1. The number of amides is 2. The molecule has 2 heterocycles. The van der Waals surface area contributed by atoms with Crippen molar-refractivity contribution in [1.82, 2.24) is 9.47 Å². The van der Waals surface area contributed by atoms with Gasteiger partial charge >= 0.3 is 0 Å². The summed E-state index contributed by atoms with van der Waals surface area (Å²) in [6.07, 6.45) is 2.69. The van der Waals surface area contributed by atoms with Gasteiger partial charge in [-0.2, -0.15) is 5.26 Å². The van der Waals surface area contributed by atoms with Crippen LogP contribution in [0.4, 0.5) is 14.5 Å². The number of carbonyl (C=O) groups is 2. The van der Waals surface area contributed by atoms with Crippen molar-refractivity contribution >= 4 is 35.2 Å². The first kappa shape index (κ1) is 26.6. The average Bonchev–Trinajstić information content (AvgIpc) is 3.22. The minimum atomic E-state index is -2.75. The molecule has 2 amide bonds. The van der Waals surface area contributed by atoms with E-state index in [0.717, 1.165) is 10.1 Å². The summed E-state index contributed by atoms with van der Waals surface area (Å²) in [4.78, 5) is 39.5. The van der Waals surface area contributed by atoms with E-state index in [1.807, 2.05) is 12.1 Å². The molecular weight excluding hydrogens is 502 g/mol. The molecule has 194 valence electrons. The Kier molecular flexibility index (Phi) is 7.51. The lowest BCUT2D eigenvalue weighted by molar-refractivity contribution is -0.136. The van der Waals surface area contributed by atoms with Crippen LogP contribution < -0.4 is 10.9 Å². The predicted molar refractivity (Wildman–Crippen MR) is 137 cm³/mol. The summed E-state index contributed by atoms with van der Waals surface area (Å²) >= 11 is 6.30. The number of hydrogen-bond donors (Lipinski definition) is 1. The molecular formula is C27H27ClF2N4O3. The number of rotatable bonds is 4. The number of hydrogen-bond acceptors (Lipinski definition) is 4. The Hall–Kier alpha value is -3.51. The summed E-state index contributed by atoms with van der Waals surface area (Å²) in [5.41, 5.74) is 2.61. The Balaban J connectivity index is 1.52. The highest BCUT2D eigenvalue weighted by atomic mass is 35.5. The number of aromatic nitrogens is 1. The molecule has 4 rings (SSSR count). The summed E-state index contributed by atoms with van der Waals surface area (Å²) in [5.74, 6) is -4.11. The van der Waals surface area contributed by atoms with Gasteiger partial charge in [-0.3, -0.25) is 14.4 Å². The lowest BCUT2D eigenvalue weighted by Crippen LogP contribution is -2.39. The smallest absolute Gasteiger partial charge is 0.255 e. The maximum atomic E-state index is 13.6. The van der Waals surface area contributed by atoms with Crippen molar-refractivity contribution in [2.45, 2.75) is 45.0 Å². The molecule has 1 aliphatic heterocycles. The monoisotopic (exact) mass is 528 g/mol. The number of alkyl halides is 2. The maximum Gasteiger partial charge on any atom is 0.255 e. The molecule has 1 N–H and O–H groups in total. The maximum absolute atomic E-state index is 13.6. The molecule has 1 unspecified atom stereocenters. The van der Waals surface area contributed by atoms with Crippen molar-refractivity contribution in [1.29, 1.82) is 5.26 Å². The Morgan fingerprint density at radius 2 is 1.92 bits per heavy atom. The van der Waals surface area contributed by atoms with Crippen LogP contribution in [0.1, 0.15) is 59.3 Å². The van der Waals surface area contributed by atoms with Gasteiger partial charge in [-0.1, -0.05) is 23.3 Å². The van der Waals surface area contributed by atoms with Crippen molar-refractivity contribution in [3.05, 3.63) is 67.6 Å². The van der Waals surface area contributed by atoms with Gasteiger partial charge in [0.25, 0.3) is 11.5 Å². The number of aryl methyl sites for hydroxylation is 1. The molecule has 2 fully saturated rings. The minimum absolute atomic E-state index is 0.0652. The molecule has 1 aromatic carbocycles. The van der Waals surface area contributed by atoms with Crippen molar-refractivity contribution in [2.24, 2.45) is 13.0 Å². The van der Waals surface area contributed by atoms with E-state index < -0.39 is 23.3 Å². The zero-order valence-corrected chi connectivity index (χ0v) is 21.4. The molecule has 0 bridgehead atoms. The van der Waals surface area contributed by atoms with Crippen molar-refractivity contribution < 1.29 is 18.4 Å². The van der Waals surface area contributed by atoms with Crippen molar-refractivity contribution in [3.8, 4) is 6.07 Å². The highest BCUT2D eigenvalue weighted by Gasteiger charge is 2.43. The van der Waals surface area contributed by atoms with E-state index in [1.165, 1.54) is 19.2 Å². The third kappa shape index (κ3) is 5.91. The number of piperidine rings is 1. The average molecular weight is 529 g/mol. The van der Waals surface area contributed by atoms with Crippen LogP contribution >= 0.6 is 11.6 Å². The highest BCUT2D eigenvalue weighted by molar-refractivity contribution is 6.31. The standard InChI is InChI=1S/C27H27ClF2N4O3/c1-16-9-21(28)11-19(24(16)32-25(36)20-12-22(15-31)33(2)23(35)13-20)10-17-4-7-34(8-5-17)26(37)18-3-6-27(29,30)14-18/h9-13,18H,3-8,14H2,1-2H3,(H,32,36). The molecule has 1 saturated carbocycles. The number of nitriles is 1. The van der Waals surface area contributed by atoms with E-state index in [2.05, 4.69) is 5.32 Å². The number of halogens is 3. The molecule has 7 nitrogen and oxygen atoms in total. The molecule has 37 heavy (non-hydrogen) atoms. The second-order valence-electron chi connectivity index (χ2n) is 9.70. The van der Waals surface area contributed by atoms with Gasteiger partial charge in [0, 0.05) is 55.5 Å². The van der Waals surface area contributed by atoms with Gasteiger partial charge in [-0.15, -0.1) is 0 Å². The summed E-state index contributed by atoms with van der Waals surface area (Å²) < 4.78 is 28.3. The van der Waals surface area contributed by atoms with Gasteiger partial charge in [-0.25, -0.2) is 8.78 Å². The molecule has 1 aliphatic carbocycles. The fraction of sp³-hybridized carbons (Fsp3) is 0.407. The predicted octanol–water partition coefficient (Wildman–Crippen LogP) is 4.91. The number of nitrogens with zero attached hydrogens (tertiary/aromatic N) is 3. The Morgan fingerprint density at radius 1 is 1.22 bits per heavy atom. The summed E-state index contributed by atoms with van der Waals surface area (Å²) in [6.45, 7) is 2.68. The van der Waals surface area contributed by atoms with Crippen LogP contribution in [-0.4, -0.2) is 40.3 Å². The Labute approximate surface area is 218 Å². The van der Waals surface area contributed by atoms with Crippen LogP contribution in [0.15, 0.2) is 34.6 Å². The van der Waals surface area contributed by atoms with Gasteiger partial charge in [0.15, 0.2) is 0 Å². The van der Waals surface area contributed by atoms with E-state index >= 15 is 0 Å². The van der Waals surface area contributed by atoms with Gasteiger partial charge in [-0.05, 0) is 55.5 Å². The summed E-state index contributed by atoms with van der Waals surface area (Å²) in [6, 6.07) is 7.86. The van der Waals surface area contributed by atoms with Crippen LogP contribution in [-0.2, 0) is 11.8 Å². The zero-order valence-electron chi connectivity index (χ0n) is 20.6. The van der Waals surface area contributed by atoms with Crippen LogP contribution in [0.2, 0.25) is 5.02 Å². The highest BCUT2D eigenvalue weighted by Crippen LogP contribution is 2.40. The van der Waals surface area contributed by atoms with E-state index in [9.17, 15) is 28.4 Å². The lowest BCUT2D eigenvalue weighted by Gasteiger charge is -2.31. The zero-order chi connectivity index (χ0) is 26.9. The van der Waals surface area contributed by atoms with Gasteiger partial charge in [0.1, 0.15) is 11.8 Å². The minimum Gasteiger partial charge on any atom is -0.342 e. The molecule has 10 heteroatoms. The summed E-state index contributed by atoms with van der Waals surface area (Å²) in [7, 11) is 1.46. The molecule has 1 atom stereocenters. The number of pyridine rings is 1. The van der Waals surface area contributed by atoms with Gasteiger partial charge < -0.3 is 14.8 Å². The number of nitrogens with one attached hydrogen (secondary N) is 1. The molecule has 1 aromatic heterocycles. The largest absolute Gasteiger partial charge is 0.342 e. The van der Waals surface area contributed by atoms with Gasteiger partial charge in [0.2, 0.25) is 11.8 Å². The Bertz CT molecular complexity index is 1380. The number of anilines is 1. The van der Waals surface area contributed by atoms with E-state index in [-0.39, 0.29) is 36.4 Å².